The second-order valence-electron chi connectivity index (χ2n) is 10.4. The summed E-state index contributed by atoms with van der Waals surface area (Å²) in [5, 5.41) is 5.79. The van der Waals surface area contributed by atoms with Crippen LogP contribution in [0.5, 0.6) is 11.5 Å². The van der Waals surface area contributed by atoms with Crippen LogP contribution >= 0.6 is 11.8 Å². The highest BCUT2D eigenvalue weighted by Gasteiger charge is 2.57. The van der Waals surface area contributed by atoms with Crippen molar-refractivity contribution in [3.63, 3.8) is 0 Å². The van der Waals surface area contributed by atoms with Crippen molar-refractivity contribution in [2.75, 3.05) is 20.8 Å². The van der Waals surface area contributed by atoms with Crippen LogP contribution in [0.3, 0.4) is 0 Å². The van der Waals surface area contributed by atoms with Crippen molar-refractivity contribution in [1.29, 1.82) is 0 Å². The van der Waals surface area contributed by atoms with Crippen molar-refractivity contribution in [3.05, 3.63) is 59.2 Å². The third-order valence-electron chi connectivity index (χ3n) is 7.50. The normalized spacial score (nSPS) is 20.8. The maximum absolute atomic E-state index is 13.7. The van der Waals surface area contributed by atoms with E-state index >= 15 is 0 Å². The predicted molar refractivity (Wildman–Crippen MR) is 148 cm³/mol. The predicted octanol–water partition coefficient (Wildman–Crippen LogP) is 3.94. The van der Waals surface area contributed by atoms with Crippen LogP contribution in [0.1, 0.15) is 61.0 Å². The summed E-state index contributed by atoms with van der Waals surface area (Å²) in [5.74, 6) is 0.531. The topological polar surface area (TPSA) is 97.0 Å². The van der Waals surface area contributed by atoms with Gasteiger partial charge in [-0.25, -0.2) is 0 Å². The van der Waals surface area contributed by atoms with E-state index in [0.717, 1.165) is 11.1 Å². The number of rotatable bonds is 10. The molecule has 1 saturated heterocycles. The zero-order chi connectivity index (χ0) is 27.6. The Balaban J connectivity index is 1.45. The molecule has 9 heteroatoms. The van der Waals surface area contributed by atoms with Gasteiger partial charge in [0.05, 0.1) is 14.2 Å². The number of fused-ring (bicyclic) bond motifs is 3. The summed E-state index contributed by atoms with van der Waals surface area (Å²) < 4.78 is 10.1. The summed E-state index contributed by atoms with van der Waals surface area (Å²) in [6.45, 7) is 8.32. The Morgan fingerprint density at radius 2 is 1.82 bits per heavy atom. The average Bonchev–Trinajstić information content (AvgIpc) is 3.34. The number of amides is 3. The van der Waals surface area contributed by atoms with E-state index in [1.165, 1.54) is 0 Å². The fraction of sp³-hybridized carbons (Fsp3) is 0.483. The van der Waals surface area contributed by atoms with E-state index < -0.39 is 16.8 Å². The van der Waals surface area contributed by atoms with Crippen LogP contribution < -0.4 is 20.1 Å². The van der Waals surface area contributed by atoms with E-state index in [0.29, 0.717) is 36.4 Å². The lowest BCUT2D eigenvalue weighted by atomic mass is 9.95. The maximum atomic E-state index is 13.7. The Kier molecular flexibility index (Phi) is 8.25. The Morgan fingerprint density at radius 3 is 2.50 bits per heavy atom. The molecule has 204 valence electrons. The lowest BCUT2D eigenvalue weighted by Crippen LogP contribution is -2.58. The van der Waals surface area contributed by atoms with Gasteiger partial charge in [0.1, 0.15) is 17.5 Å². The summed E-state index contributed by atoms with van der Waals surface area (Å²) in [6, 6.07) is 11.8. The van der Waals surface area contributed by atoms with E-state index in [1.54, 1.807) is 30.9 Å². The van der Waals surface area contributed by atoms with Crippen molar-refractivity contribution in [3.8, 4) is 11.5 Å². The Hall–Kier alpha value is -3.20. The van der Waals surface area contributed by atoms with Crippen LogP contribution in [0.2, 0.25) is 0 Å². The minimum absolute atomic E-state index is 0.0838. The highest BCUT2D eigenvalue weighted by Crippen LogP contribution is 2.56. The fourth-order valence-electron chi connectivity index (χ4n) is 5.21. The van der Waals surface area contributed by atoms with Gasteiger partial charge in [0, 0.05) is 16.9 Å². The molecule has 0 spiro atoms. The monoisotopic (exact) mass is 539 g/mol. The van der Waals surface area contributed by atoms with E-state index in [-0.39, 0.29) is 29.0 Å². The Bertz CT molecular complexity index is 1220. The van der Waals surface area contributed by atoms with Crippen molar-refractivity contribution in [2.24, 2.45) is 5.92 Å². The van der Waals surface area contributed by atoms with Gasteiger partial charge in [-0.15, -0.1) is 11.8 Å². The first-order valence-corrected chi connectivity index (χ1v) is 13.9. The molecule has 0 saturated carbocycles. The minimum atomic E-state index is -0.710. The van der Waals surface area contributed by atoms with E-state index in [2.05, 4.69) is 10.6 Å². The van der Waals surface area contributed by atoms with Crippen LogP contribution in [-0.4, -0.2) is 60.2 Å². The second-order valence-corrected chi connectivity index (χ2v) is 12.1. The van der Waals surface area contributed by atoms with Gasteiger partial charge in [0.15, 0.2) is 11.5 Å². The van der Waals surface area contributed by atoms with Gasteiger partial charge in [0.25, 0.3) is 5.91 Å². The lowest BCUT2D eigenvalue weighted by Gasteiger charge is -2.32. The van der Waals surface area contributed by atoms with E-state index in [9.17, 15) is 14.4 Å². The fourth-order valence-corrected chi connectivity index (χ4v) is 6.80. The molecule has 2 aromatic carbocycles. The molecule has 3 amide bonds. The number of carbonyl (C=O) groups excluding carboxylic acids is 3. The molecule has 0 unspecified atom stereocenters. The summed E-state index contributed by atoms with van der Waals surface area (Å²) in [4.78, 5) is 42.0. The number of thioether (sulfide) groups is 1. The number of hydrogen-bond donors (Lipinski definition) is 2. The molecule has 0 bridgehead atoms. The molecule has 0 aromatic heterocycles. The number of methoxy groups -OCH3 is 2. The van der Waals surface area contributed by atoms with Crippen molar-refractivity contribution in [2.45, 2.75) is 62.7 Å². The van der Waals surface area contributed by atoms with Crippen LogP contribution in [-0.2, 0) is 16.0 Å². The quantitative estimate of drug-likeness (QED) is 0.475. The van der Waals surface area contributed by atoms with Crippen LogP contribution in [0.25, 0.3) is 0 Å². The standard InChI is InChI=1S/C29H37N3O5S/c1-7-17(2)23(25(33)30-15-14-18-12-13-21(36-5)22(16-18)37-6)31-26(34)24-29(3,4)38-28-20-11-9-8-10-19(20)27(35)32(24)28/h8-13,16-17,23-24,28H,7,14-15H2,1-6H3,(H,30,33)(H,31,34)/t17-,23+,24-,28+/m1/s1. The molecule has 4 atom stereocenters. The number of hydrogen-bond acceptors (Lipinski definition) is 6. The molecule has 2 aromatic rings. The Morgan fingerprint density at radius 1 is 1.11 bits per heavy atom. The molecule has 4 rings (SSSR count). The van der Waals surface area contributed by atoms with Crippen LogP contribution in [0.4, 0.5) is 0 Å². The Labute approximate surface area is 228 Å². The van der Waals surface area contributed by atoms with Crippen molar-refractivity contribution in [1.82, 2.24) is 15.5 Å². The highest BCUT2D eigenvalue weighted by molar-refractivity contribution is 8.01. The summed E-state index contributed by atoms with van der Waals surface area (Å²) in [5.41, 5.74) is 2.58. The van der Waals surface area contributed by atoms with E-state index in [4.69, 9.17) is 9.47 Å². The zero-order valence-corrected chi connectivity index (χ0v) is 23.7. The van der Waals surface area contributed by atoms with Crippen molar-refractivity contribution >= 4 is 29.5 Å². The maximum Gasteiger partial charge on any atom is 0.256 e. The van der Waals surface area contributed by atoms with Gasteiger partial charge in [-0.1, -0.05) is 44.5 Å². The number of nitrogens with zero attached hydrogens (tertiary/aromatic N) is 1. The third kappa shape index (κ3) is 5.21. The zero-order valence-electron chi connectivity index (χ0n) is 22.9. The van der Waals surface area contributed by atoms with Gasteiger partial charge in [-0.3, -0.25) is 14.4 Å². The molecular weight excluding hydrogens is 502 g/mol. The SMILES string of the molecule is CC[C@@H](C)[C@H](NC(=O)[C@H]1N2C(=O)c3ccccc3[C@@H]2SC1(C)C)C(=O)NCCc1ccc(OC)c(OC)c1. The lowest BCUT2D eigenvalue weighted by molar-refractivity contribution is -0.132. The summed E-state index contributed by atoms with van der Waals surface area (Å²) in [6.07, 6.45) is 1.31. The van der Waals surface area contributed by atoms with Gasteiger partial charge < -0.3 is 25.0 Å². The number of nitrogens with one attached hydrogen (secondary N) is 2. The first kappa shape index (κ1) is 27.8. The minimum Gasteiger partial charge on any atom is -0.493 e. The molecular formula is C29H37N3O5S. The van der Waals surface area contributed by atoms with E-state index in [1.807, 2.05) is 70.2 Å². The smallest absolute Gasteiger partial charge is 0.256 e. The molecule has 2 heterocycles. The van der Waals surface area contributed by atoms with Crippen LogP contribution in [0.15, 0.2) is 42.5 Å². The molecule has 2 aliphatic rings. The first-order chi connectivity index (χ1) is 18.1. The molecule has 8 nitrogen and oxygen atoms in total. The van der Waals surface area contributed by atoms with Gasteiger partial charge in [-0.05, 0) is 55.5 Å². The number of benzene rings is 2. The molecule has 1 fully saturated rings. The summed E-state index contributed by atoms with van der Waals surface area (Å²) >= 11 is 1.61. The number of ether oxygens (including phenoxy) is 2. The molecule has 0 radical (unpaired) electrons. The summed E-state index contributed by atoms with van der Waals surface area (Å²) in [7, 11) is 3.18. The van der Waals surface area contributed by atoms with Crippen LogP contribution in [0, 0.1) is 5.92 Å². The molecule has 2 N–H and O–H groups in total. The number of carbonyl (C=O) groups is 3. The third-order valence-corrected chi connectivity index (χ3v) is 9.03. The van der Waals surface area contributed by atoms with Gasteiger partial charge in [-0.2, -0.15) is 0 Å². The molecule has 2 aliphatic heterocycles. The average molecular weight is 540 g/mol. The second kappa shape index (κ2) is 11.3. The van der Waals surface area contributed by atoms with Gasteiger partial charge >= 0.3 is 0 Å². The molecule has 38 heavy (non-hydrogen) atoms. The largest absolute Gasteiger partial charge is 0.493 e. The molecule has 0 aliphatic carbocycles. The van der Waals surface area contributed by atoms with Crippen molar-refractivity contribution < 1.29 is 23.9 Å². The highest BCUT2D eigenvalue weighted by atomic mass is 32.2. The first-order valence-electron chi connectivity index (χ1n) is 13.0. The van der Waals surface area contributed by atoms with Gasteiger partial charge in [0.2, 0.25) is 11.8 Å².